The highest BCUT2D eigenvalue weighted by atomic mass is 16.5. The molecule has 1 aliphatic rings. The largest absolute Gasteiger partial charge is 0.461 e. The summed E-state index contributed by atoms with van der Waals surface area (Å²) in [5, 5.41) is 0. The molecule has 86 valence electrons. The fourth-order valence-corrected chi connectivity index (χ4v) is 1.84. The van der Waals surface area contributed by atoms with Crippen LogP contribution in [0.25, 0.3) is 0 Å². The third-order valence-electron chi connectivity index (χ3n) is 2.79. The van der Waals surface area contributed by atoms with E-state index in [1.807, 2.05) is 12.2 Å². The van der Waals surface area contributed by atoms with E-state index in [9.17, 15) is 4.79 Å². The minimum atomic E-state index is -0.0404. The molecule has 0 bridgehead atoms. The van der Waals surface area contributed by atoms with Gasteiger partial charge in [0.1, 0.15) is 6.61 Å². The molecule has 0 amide bonds. The second-order valence-electron chi connectivity index (χ2n) is 4.70. The van der Waals surface area contributed by atoms with Gasteiger partial charge in [-0.25, -0.2) is 0 Å². The summed E-state index contributed by atoms with van der Waals surface area (Å²) in [5.74, 6) is 0.781. The first kappa shape index (κ1) is 12.3. The van der Waals surface area contributed by atoms with Gasteiger partial charge in [-0.3, -0.25) is 4.79 Å². The van der Waals surface area contributed by atoms with Crippen LogP contribution in [-0.4, -0.2) is 12.6 Å². The van der Waals surface area contributed by atoms with Crippen molar-refractivity contribution in [1.29, 1.82) is 0 Å². The standard InChI is InChI=1S/C13H22O2/c1-11(2)7-4-3-5-8-12-9-6-10-15-13(12)14/h6,9,11-12H,3-5,7-8,10H2,1-2H3. The van der Waals surface area contributed by atoms with E-state index in [4.69, 9.17) is 4.74 Å². The molecule has 1 heterocycles. The van der Waals surface area contributed by atoms with E-state index in [0.29, 0.717) is 6.61 Å². The van der Waals surface area contributed by atoms with Gasteiger partial charge in [0.15, 0.2) is 0 Å². The predicted octanol–water partition coefficient (Wildman–Crippen LogP) is 3.32. The van der Waals surface area contributed by atoms with Crippen LogP contribution >= 0.6 is 0 Å². The Morgan fingerprint density at radius 1 is 1.40 bits per heavy atom. The highest BCUT2D eigenvalue weighted by Gasteiger charge is 2.18. The van der Waals surface area contributed by atoms with Crippen LogP contribution in [0.5, 0.6) is 0 Å². The highest BCUT2D eigenvalue weighted by Crippen LogP contribution is 2.17. The first-order valence-electron chi connectivity index (χ1n) is 6.03. The summed E-state index contributed by atoms with van der Waals surface area (Å²) >= 11 is 0. The third kappa shape index (κ3) is 5.01. The first-order chi connectivity index (χ1) is 7.20. The lowest BCUT2D eigenvalue weighted by molar-refractivity contribution is -0.146. The molecule has 1 aliphatic heterocycles. The van der Waals surface area contributed by atoms with E-state index in [-0.39, 0.29) is 11.9 Å². The Morgan fingerprint density at radius 2 is 2.20 bits per heavy atom. The Labute approximate surface area is 92.7 Å². The minimum Gasteiger partial charge on any atom is -0.461 e. The zero-order valence-corrected chi connectivity index (χ0v) is 9.87. The molecular weight excluding hydrogens is 188 g/mol. The number of unbranched alkanes of at least 4 members (excludes halogenated alkanes) is 2. The highest BCUT2D eigenvalue weighted by molar-refractivity contribution is 5.75. The fraction of sp³-hybridized carbons (Fsp3) is 0.769. The molecule has 0 aromatic carbocycles. The lowest BCUT2D eigenvalue weighted by atomic mass is 9.98. The Bertz CT molecular complexity index is 219. The average Bonchev–Trinajstić information content (AvgIpc) is 2.20. The molecule has 15 heavy (non-hydrogen) atoms. The average molecular weight is 210 g/mol. The van der Waals surface area contributed by atoms with E-state index in [2.05, 4.69) is 13.8 Å². The van der Waals surface area contributed by atoms with Crippen LogP contribution in [0.3, 0.4) is 0 Å². The van der Waals surface area contributed by atoms with Crippen LogP contribution in [-0.2, 0) is 9.53 Å². The van der Waals surface area contributed by atoms with Gasteiger partial charge in [0.2, 0.25) is 0 Å². The molecule has 0 aromatic rings. The van der Waals surface area contributed by atoms with Crippen molar-refractivity contribution < 1.29 is 9.53 Å². The summed E-state index contributed by atoms with van der Waals surface area (Å²) in [4.78, 5) is 11.3. The molecule has 1 unspecified atom stereocenters. The van der Waals surface area contributed by atoms with Gasteiger partial charge in [-0.05, 0) is 12.3 Å². The molecular formula is C13H22O2. The number of hydrogen-bond donors (Lipinski definition) is 0. The molecule has 0 N–H and O–H groups in total. The van der Waals surface area contributed by atoms with E-state index in [0.717, 1.165) is 18.8 Å². The number of carbonyl (C=O) groups excluding carboxylic acids is 1. The first-order valence-corrected chi connectivity index (χ1v) is 6.03. The second kappa shape index (κ2) is 6.65. The predicted molar refractivity (Wildman–Crippen MR) is 61.5 cm³/mol. The van der Waals surface area contributed by atoms with Crippen LogP contribution in [0, 0.1) is 11.8 Å². The van der Waals surface area contributed by atoms with Gasteiger partial charge in [0.05, 0.1) is 5.92 Å². The summed E-state index contributed by atoms with van der Waals surface area (Å²) in [6.45, 7) is 4.96. The number of ether oxygens (including phenoxy) is 1. The Hall–Kier alpha value is -0.790. The summed E-state index contributed by atoms with van der Waals surface area (Å²) in [6, 6.07) is 0. The topological polar surface area (TPSA) is 26.3 Å². The van der Waals surface area contributed by atoms with Crippen molar-refractivity contribution in [2.75, 3.05) is 6.61 Å². The molecule has 0 aromatic heterocycles. The lowest BCUT2D eigenvalue weighted by Crippen LogP contribution is -2.19. The van der Waals surface area contributed by atoms with Crippen LogP contribution in [0.15, 0.2) is 12.2 Å². The third-order valence-corrected chi connectivity index (χ3v) is 2.79. The molecule has 0 saturated heterocycles. The number of rotatable bonds is 6. The van der Waals surface area contributed by atoms with Crippen molar-refractivity contribution in [3.05, 3.63) is 12.2 Å². The monoisotopic (exact) mass is 210 g/mol. The molecule has 0 saturated carbocycles. The lowest BCUT2D eigenvalue weighted by Gasteiger charge is -2.15. The molecule has 0 radical (unpaired) electrons. The smallest absolute Gasteiger partial charge is 0.313 e. The molecule has 2 nitrogen and oxygen atoms in total. The van der Waals surface area contributed by atoms with Gasteiger partial charge in [0.25, 0.3) is 0 Å². The quantitative estimate of drug-likeness (QED) is 0.382. The van der Waals surface area contributed by atoms with Gasteiger partial charge < -0.3 is 4.74 Å². The number of cyclic esters (lactones) is 1. The molecule has 0 fully saturated rings. The maximum atomic E-state index is 11.3. The maximum Gasteiger partial charge on any atom is 0.313 e. The minimum absolute atomic E-state index is 0.0257. The molecule has 1 atom stereocenters. The van der Waals surface area contributed by atoms with Crippen molar-refractivity contribution in [2.45, 2.75) is 46.0 Å². The maximum absolute atomic E-state index is 11.3. The van der Waals surface area contributed by atoms with Crippen molar-refractivity contribution in [1.82, 2.24) is 0 Å². The van der Waals surface area contributed by atoms with E-state index in [1.165, 1.54) is 19.3 Å². The van der Waals surface area contributed by atoms with Gasteiger partial charge in [0, 0.05) is 0 Å². The number of carbonyl (C=O) groups is 1. The normalized spacial score (nSPS) is 20.7. The van der Waals surface area contributed by atoms with Crippen molar-refractivity contribution >= 4 is 5.97 Å². The molecule has 2 heteroatoms. The number of hydrogen-bond acceptors (Lipinski definition) is 2. The van der Waals surface area contributed by atoms with Crippen molar-refractivity contribution in [2.24, 2.45) is 11.8 Å². The Kier molecular flexibility index (Phi) is 5.44. The molecule has 1 rings (SSSR count). The van der Waals surface area contributed by atoms with E-state index >= 15 is 0 Å². The Balaban J connectivity index is 2.06. The van der Waals surface area contributed by atoms with Crippen LogP contribution in [0.2, 0.25) is 0 Å². The second-order valence-corrected chi connectivity index (χ2v) is 4.70. The van der Waals surface area contributed by atoms with Gasteiger partial charge in [-0.2, -0.15) is 0 Å². The zero-order valence-electron chi connectivity index (χ0n) is 9.87. The summed E-state index contributed by atoms with van der Waals surface area (Å²) in [6.07, 6.45) is 9.84. The number of esters is 1. The van der Waals surface area contributed by atoms with E-state index in [1.54, 1.807) is 0 Å². The fourth-order valence-electron chi connectivity index (χ4n) is 1.84. The van der Waals surface area contributed by atoms with Crippen LogP contribution < -0.4 is 0 Å². The van der Waals surface area contributed by atoms with Gasteiger partial charge >= 0.3 is 5.97 Å². The van der Waals surface area contributed by atoms with Crippen molar-refractivity contribution in [3.8, 4) is 0 Å². The van der Waals surface area contributed by atoms with Crippen molar-refractivity contribution in [3.63, 3.8) is 0 Å². The van der Waals surface area contributed by atoms with Crippen LogP contribution in [0.1, 0.15) is 46.0 Å². The van der Waals surface area contributed by atoms with E-state index < -0.39 is 0 Å². The van der Waals surface area contributed by atoms with Gasteiger partial charge in [-0.1, -0.05) is 51.7 Å². The van der Waals surface area contributed by atoms with Crippen LogP contribution in [0.4, 0.5) is 0 Å². The molecule has 0 spiro atoms. The van der Waals surface area contributed by atoms with Gasteiger partial charge in [-0.15, -0.1) is 0 Å². The SMILES string of the molecule is CC(C)CCCCCC1C=CCOC1=O. The summed E-state index contributed by atoms with van der Waals surface area (Å²) in [7, 11) is 0. The Morgan fingerprint density at radius 3 is 2.87 bits per heavy atom. The zero-order chi connectivity index (χ0) is 11.1. The summed E-state index contributed by atoms with van der Waals surface area (Å²) < 4.78 is 4.96. The summed E-state index contributed by atoms with van der Waals surface area (Å²) in [5.41, 5.74) is 0. The molecule has 0 aliphatic carbocycles.